The van der Waals surface area contributed by atoms with Crippen LogP contribution in [0.5, 0.6) is 0 Å². The van der Waals surface area contributed by atoms with Gasteiger partial charge in [0, 0.05) is 19.1 Å². The van der Waals surface area contributed by atoms with Gasteiger partial charge in [-0.1, -0.05) is 13.3 Å². The molecule has 0 aromatic rings. The molecule has 1 saturated heterocycles. The Balaban J connectivity index is 1.80. The van der Waals surface area contributed by atoms with Crippen molar-refractivity contribution in [3.63, 3.8) is 0 Å². The molecule has 1 amide bonds. The van der Waals surface area contributed by atoms with Gasteiger partial charge in [0.15, 0.2) is 0 Å². The molecule has 0 radical (unpaired) electrons. The zero-order valence-electron chi connectivity index (χ0n) is 11.7. The predicted octanol–water partition coefficient (Wildman–Crippen LogP) is 0.962. The van der Waals surface area contributed by atoms with Crippen molar-refractivity contribution in [2.24, 2.45) is 17.1 Å². The third kappa shape index (κ3) is 2.69. The fourth-order valence-corrected chi connectivity index (χ4v) is 3.52. The number of hydrogen-bond acceptors (Lipinski definition) is 3. The Bertz CT molecular complexity index is 299. The molecule has 1 heterocycles. The molecule has 1 aliphatic carbocycles. The van der Waals surface area contributed by atoms with Gasteiger partial charge in [0.25, 0.3) is 0 Å². The molecule has 104 valence electrons. The van der Waals surface area contributed by atoms with Gasteiger partial charge in [-0.05, 0) is 45.2 Å². The lowest BCUT2D eigenvalue weighted by Crippen LogP contribution is -2.55. The van der Waals surface area contributed by atoms with Crippen LogP contribution in [0, 0.1) is 11.3 Å². The Morgan fingerprint density at radius 2 is 2.17 bits per heavy atom. The van der Waals surface area contributed by atoms with Crippen molar-refractivity contribution in [1.82, 2.24) is 10.2 Å². The molecule has 18 heavy (non-hydrogen) atoms. The van der Waals surface area contributed by atoms with Gasteiger partial charge in [-0.3, -0.25) is 4.79 Å². The number of hydrogen-bond donors (Lipinski definition) is 2. The number of nitrogens with two attached hydrogens (primary N) is 1. The number of likely N-dealkylation sites (tertiary alicyclic amines) is 1. The van der Waals surface area contributed by atoms with E-state index in [4.69, 9.17) is 5.73 Å². The van der Waals surface area contributed by atoms with E-state index in [0.29, 0.717) is 18.5 Å². The minimum Gasteiger partial charge on any atom is -0.354 e. The first-order valence-electron chi connectivity index (χ1n) is 7.26. The molecule has 1 atom stereocenters. The van der Waals surface area contributed by atoms with Gasteiger partial charge in [-0.15, -0.1) is 0 Å². The number of piperidine rings is 1. The third-order valence-corrected chi connectivity index (χ3v) is 4.77. The van der Waals surface area contributed by atoms with E-state index in [9.17, 15) is 4.79 Å². The maximum atomic E-state index is 12.3. The van der Waals surface area contributed by atoms with E-state index in [1.807, 2.05) is 0 Å². The summed E-state index contributed by atoms with van der Waals surface area (Å²) in [6, 6.07) is 0.509. The van der Waals surface area contributed by atoms with E-state index in [2.05, 4.69) is 24.2 Å². The van der Waals surface area contributed by atoms with Crippen LogP contribution in [0.15, 0.2) is 0 Å². The molecule has 4 nitrogen and oxygen atoms in total. The molecular formula is C14H27N3O. The minimum absolute atomic E-state index is 0.182. The van der Waals surface area contributed by atoms with E-state index in [0.717, 1.165) is 25.9 Å². The van der Waals surface area contributed by atoms with Crippen molar-refractivity contribution in [2.45, 2.75) is 45.1 Å². The van der Waals surface area contributed by atoms with Crippen LogP contribution in [0.4, 0.5) is 0 Å². The Morgan fingerprint density at radius 1 is 1.44 bits per heavy atom. The SMILES string of the molecule is CC1CC(CN)(C(=O)NCC2CCCCN2C)C1. The number of amides is 1. The van der Waals surface area contributed by atoms with E-state index < -0.39 is 0 Å². The summed E-state index contributed by atoms with van der Waals surface area (Å²) in [5, 5.41) is 3.14. The summed E-state index contributed by atoms with van der Waals surface area (Å²) in [5.41, 5.74) is 5.54. The fourth-order valence-electron chi connectivity index (χ4n) is 3.52. The van der Waals surface area contributed by atoms with Gasteiger partial charge >= 0.3 is 0 Å². The van der Waals surface area contributed by atoms with Crippen molar-refractivity contribution in [2.75, 3.05) is 26.7 Å². The average Bonchev–Trinajstić information content (AvgIpc) is 2.33. The zero-order chi connectivity index (χ0) is 13.2. The molecule has 1 saturated carbocycles. The van der Waals surface area contributed by atoms with Gasteiger partial charge in [0.2, 0.25) is 5.91 Å². The Morgan fingerprint density at radius 3 is 2.72 bits per heavy atom. The number of rotatable bonds is 4. The first-order chi connectivity index (χ1) is 8.57. The Kier molecular flexibility index (Phi) is 4.28. The maximum absolute atomic E-state index is 12.3. The second kappa shape index (κ2) is 5.57. The minimum atomic E-state index is -0.257. The largest absolute Gasteiger partial charge is 0.354 e. The summed E-state index contributed by atoms with van der Waals surface area (Å²) in [6.45, 7) is 4.62. The molecule has 0 aromatic heterocycles. The molecule has 1 aliphatic heterocycles. The highest BCUT2D eigenvalue weighted by Crippen LogP contribution is 2.44. The van der Waals surface area contributed by atoms with Gasteiger partial charge in [0.05, 0.1) is 5.41 Å². The van der Waals surface area contributed by atoms with Crippen LogP contribution in [-0.4, -0.2) is 43.5 Å². The van der Waals surface area contributed by atoms with Crippen molar-refractivity contribution in [3.8, 4) is 0 Å². The number of nitrogens with one attached hydrogen (secondary N) is 1. The van der Waals surface area contributed by atoms with Gasteiger partial charge in [0.1, 0.15) is 0 Å². The molecule has 4 heteroatoms. The lowest BCUT2D eigenvalue weighted by molar-refractivity contribution is -0.138. The van der Waals surface area contributed by atoms with E-state index >= 15 is 0 Å². The summed E-state index contributed by atoms with van der Waals surface area (Å²) >= 11 is 0. The summed E-state index contributed by atoms with van der Waals surface area (Å²) in [4.78, 5) is 14.6. The van der Waals surface area contributed by atoms with Crippen molar-refractivity contribution in [3.05, 3.63) is 0 Å². The second-order valence-electron chi connectivity index (χ2n) is 6.34. The Hall–Kier alpha value is -0.610. The lowest BCUT2D eigenvalue weighted by atomic mass is 9.62. The summed E-state index contributed by atoms with van der Waals surface area (Å²) in [5.74, 6) is 0.832. The highest BCUT2D eigenvalue weighted by atomic mass is 16.2. The summed E-state index contributed by atoms with van der Waals surface area (Å²) in [7, 11) is 2.15. The molecule has 2 rings (SSSR count). The molecule has 0 bridgehead atoms. The van der Waals surface area contributed by atoms with Gasteiger partial charge in [-0.2, -0.15) is 0 Å². The summed E-state index contributed by atoms with van der Waals surface area (Å²) < 4.78 is 0. The molecule has 2 aliphatic rings. The van der Waals surface area contributed by atoms with Crippen LogP contribution in [0.1, 0.15) is 39.0 Å². The summed E-state index contributed by atoms with van der Waals surface area (Å²) in [6.07, 6.45) is 5.67. The zero-order valence-corrected chi connectivity index (χ0v) is 11.7. The molecule has 0 aromatic carbocycles. The number of likely N-dealkylation sites (N-methyl/N-ethyl adjacent to an activating group) is 1. The smallest absolute Gasteiger partial charge is 0.227 e. The van der Waals surface area contributed by atoms with Crippen molar-refractivity contribution < 1.29 is 4.79 Å². The molecule has 2 fully saturated rings. The number of carbonyl (C=O) groups is 1. The van der Waals surface area contributed by atoms with Crippen LogP contribution in [-0.2, 0) is 4.79 Å². The second-order valence-corrected chi connectivity index (χ2v) is 6.34. The van der Waals surface area contributed by atoms with Crippen LogP contribution in [0.3, 0.4) is 0 Å². The third-order valence-electron chi connectivity index (χ3n) is 4.77. The van der Waals surface area contributed by atoms with Crippen LogP contribution in [0.25, 0.3) is 0 Å². The molecule has 3 N–H and O–H groups in total. The number of carbonyl (C=O) groups excluding carboxylic acids is 1. The van der Waals surface area contributed by atoms with Gasteiger partial charge in [-0.25, -0.2) is 0 Å². The Labute approximate surface area is 110 Å². The molecule has 1 unspecified atom stereocenters. The van der Waals surface area contributed by atoms with Gasteiger partial charge < -0.3 is 16.0 Å². The normalized spacial score (nSPS) is 37.1. The van der Waals surface area contributed by atoms with Crippen LogP contribution in [0.2, 0.25) is 0 Å². The predicted molar refractivity (Wildman–Crippen MR) is 73.2 cm³/mol. The highest BCUT2D eigenvalue weighted by Gasteiger charge is 2.47. The fraction of sp³-hybridized carbons (Fsp3) is 0.929. The monoisotopic (exact) mass is 253 g/mol. The van der Waals surface area contributed by atoms with E-state index in [1.54, 1.807) is 0 Å². The first kappa shape index (κ1) is 13.8. The molecule has 0 spiro atoms. The van der Waals surface area contributed by atoms with Crippen LogP contribution >= 0.6 is 0 Å². The van der Waals surface area contributed by atoms with E-state index in [-0.39, 0.29) is 11.3 Å². The standard InChI is InChI=1S/C14H27N3O/c1-11-7-14(8-11,10-15)13(18)16-9-12-5-3-4-6-17(12)2/h11-12H,3-10,15H2,1-2H3,(H,16,18). The van der Waals surface area contributed by atoms with Crippen molar-refractivity contribution in [1.29, 1.82) is 0 Å². The first-order valence-corrected chi connectivity index (χ1v) is 7.26. The number of nitrogens with zero attached hydrogens (tertiary/aromatic N) is 1. The topological polar surface area (TPSA) is 58.4 Å². The maximum Gasteiger partial charge on any atom is 0.227 e. The van der Waals surface area contributed by atoms with Crippen LogP contribution < -0.4 is 11.1 Å². The average molecular weight is 253 g/mol. The highest BCUT2D eigenvalue weighted by molar-refractivity contribution is 5.84. The lowest BCUT2D eigenvalue weighted by Gasteiger charge is -2.44. The molecular weight excluding hydrogens is 226 g/mol. The van der Waals surface area contributed by atoms with E-state index in [1.165, 1.54) is 19.3 Å². The quantitative estimate of drug-likeness (QED) is 0.784. The van der Waals surface area contributed by atoms with Crippen molar-refractivity contribution >= 4 is 5.91 Å².